The first-order valence-corrected chi connectivity index (χ1v) is 3.94. The highest BCUT2D eigenvalue weighted by molar-refractivity contribution is 6.31. The average Bonchev–Trinajstić information content (AvgIpc) is 1.85. The molecule has 0 bridgehead atoms. The van der Waals surface area contributed by atoms with E-state index in [0.29, 0.717) is 5.02 Å². The maximum Gasteiger partial charge on any atom is 0.0778 e. The van der Waals surface area contributed by atoms with E-state index in [2.05, 4.69) is 0 Å². The van der Waals surface area contributed by atoms with Gasteiger partial charge in [-0.3, -0.25) is 0 Å². The van der Waals surface area contributed by atoms with Crippen LogP contribution in [0.5, 0.6) is 0 Å². The minimum atomic E-state index is -0.483. The summed E-state index contributed by atoms with van der Waals surface area (Å²) in [7, 11) is 0. The average molecular weight is 171 g/mol. The highest BCUT2D eigenvalue weighted by atomic mass is 35.5. The molecule has 1 aromatic carbocycles. The Labute approximate surface area is 71.6 Å². The monoisotopic (exact) mass is 170 g/mol. The summed E-state index contributed by atoms with van der Waals surface area (Å²) in [4.78, 5) is 0. The number of aryl methyl sites for hydroxylation is 1. The smallest absolute Gasteiger partial charge is 0.0778 e. The van der Waals surface area contributed by atoms with Crippen molar-refractivity contribution < 1.29 is 5.11 Å². The molecular formula is C9H11ClO. The Morgan fingerprint density at radius 2 is 2.09 bits per heavy atom. The Bertz CT molecular complexity index is 235. The summed E-state index contributed by atoms with van der Waals surface area (Å²) < 4.78 is 0. The van der Waals surface area contributed by atoms with Crippen molar-refractivity contribution >= 4 is 11.6 Å². The van der Waals surface area contributed by atoms with Gasteiger partial charge in [-0.2, -0.15) is 0 Å². The molecule has 1 rings (SSSR count). The van der Waals surface area contributed by atoms with Crippen LogP contribution < -0.4 is 0 Å². The second-order valence-corrected chi connectivity index (χ2v) is 3.05. The maximum absolute atomic E-state index is 9.30. The van der Waals surface area contributed by atoms with Crippen LogP contribution in [0.15, 0.2) is 18.2 Å². The third kappa shape index (κ3) is 1.73. The predicted molar refractivity (Wildman–Crippen MR) is 46.8 cm³/mol. The molecule has 0 radical (unpaired) electrons. The van der Waals surface area contributed by atoms with Gasteiger partial charge in [-0.05, 0) is 25.5 Å². The standard InChI is InChI=1S/C9H11ClO/c1-6-4-3-5-8(10)9(6)7(2)11/h3-5,7,11H,1-2H3/t7-/m0/s1. The van der Waals surface area contributed by atoms with Gasteiger partial charge in [0.15, 0.2) is 0 Å². The first-order valence-electron chi connectivity index (χ1n) is 3.56. The fourth-order valence-electron chi connectivity index (χ4n) is 1.17. The molecule has 0 heterocycles. The molecule has 1 N–H and O–H groups in total. The molecule has 11 heavy (non-hydrogen) atoms. The molecule has 60 valence electrons. The number of hydrogen-bond acceptors (Lipinski definition) is 1. The molecule has 0 aliphatic heterocycles. The number of aliphatic hydroxyl groups excluding tert-OH is 1. The van der Waals surface area contributed by atoms with Crippen molar-refractivity contribution in [3.63, 3.8) is 0 Å². The van der Waals surface area contributed by atoms with Gasteiger partial charge in [0.2, 0.25) is 0 Å². The van der Waals surface area contributed by atoms with E-state index in [1.807, 2.05) is 19.1 Å². The molecule has 0 saturated carbocycles. The Morgan fingerprint density at radius 3 is 2.45 bits per heavy atom. The van der Waals surface area contributed by atoms with Crippen molar-refractivity contribution in [1.82, 2.24) is 0 Å². The van der Waals surface area contributed by atoms with Gasteiger partial charge in [-0.25, -0.2) is 0 Å². The lowest BCUT2D eigenvalue weighted by Crippen LogP contribution is -1.95. The molecule has 0 saturated heterocycles. The molecule has 0 aliphatic carbocycles. The third-order valence-corrected chi connectivity index (χ3v) is 2.02. The number of rotatable bonds is 1. The van der Waals surface area contributed by atoms with Crippen molar-refractivity contribution in [1.29, 1.82) is 0 Å². The van der Waals surface area contributed by atoms with Crippen LogP contribution in [0.25, 0.3) is 0 Å². The highest BCUT2D eigenvalue weighted by Gasteiger charge is 2.07. The normalized spacial score (nSPS) is 13.1. The van der Waals surface area contributed by atoms with E-state index in [9.17, 15) is 5.11 Å². The Balaban J connectivity index is 3.21. The molecule has 0 unspecified atom stereocenters. The van der Waals surface area contributed by atoms with Crippen molar-refractivity contribution in [2.45, 2.75) is 20.0 Å². The highest BCUT2D eigenvalue weighted by Crippen LogP contribution is 2.25. The van der Waals surface area contributed by atoms with E-state index < -0.39 is 6.10 Å². The molecule has 0 spiro atoms. The second kappa shape index (κ2) is 3.24. The fraction of sp³-hybridized carbons (Fsp3) is 0.333. The summed E-state index contributed by atoms with van der Waals surface area (Å²) in [5, 5.41) is 9.94. The molecule has 0 aromatic heterocycles. The van der Waals surface area contributed by atoms with E-state index in [1.165, 1.54) is 0 Å². The summed E-state index contributed by atoms with van der Waals surface area (Å²) in [6.07, 6.45) is -0.483. The maximum atomic E-state index is 9.30. The largest absolute Gasteiger partial charge is 0.389 e. The first-order chi connectivity index (χ1) is 5.13. The lowest BCUT2D eigenvalue weighted by molar-refractivity contribution is 0.198. The fourth-order valence-corrected chi connectivity index (χ4v) is 1.55. The van der Waals surface area contributed by atoms with E-state index in [0.717, 1.165) is 11.1 Å². The van der Waals surface area contributed by atoms with Gasteiger partial charge < -0.3 is 5.11 Å². The van der Waals surface area contributed by atoms with Crippen LogP contribution in [0.4, 0.5) is 0 Å². The number of hydrogen-bond donors (Lipinski definition) is 1. The summed E-state index contributed by atoms with van der Waals surface area (Å²) in [5.74, 6) is 0. The van der Waals surface area contributed by atoms with Crippen molar-refractivity contribution in [2.24, 2.45) is 0 Å². The van der Waals surface area contributed by atoms with E-state index in [4.69, 9.17) is 11.6 Å². The SMILES string of the molecule is Cc1cccc(Cl)c1[C@H](C)O. The number of aliphatic hydroxyl groups is 1. The zero-order valence-electron chi connectivity index (χ0n) is 6.63. The van der Waals surface area contributed by atoms with Crippen molar-refractivity contribution in [3.05, 3.63) is 34.3 Å². The van der Waals surface area contributed by atoms with E-state index in [-0.39, 0.29) is 0 Å². The van der Waals surface area contributed by atoms with Crippen LogP contribution in [-0.4, -0.2) is 5.11 Å². The first kappa shape index (κ1) is 8.57. The quantitative estimate of drug-likeness (QED) is 0.687. The van der Waals surface area contributed by atoms with Crippen LogP contribution >= 0.6 is 11.6 Å². The van der Waals surface area contributed by atoms with Gasteiger partial charge in [0.05, 0.1) is 6.10 Å². The Kier molecular flexibility index (Phi) is 2.53. The predicted octanol–water partition coefficient (Wildman–Crippen LogP) is 2.70. The molecule has 0 fully saturated rings. The molecule has 0 amide bonds. The molecule has 1 aromatic rings. The Hall–Kier alpha value is -0.530. The van der Waals surface area contributed by atoms with E-state index >= 15 is 0 Å². The Morgan fingerprint density at radius 1 is 1.45 bits per heavy atom. The number of halogens is 1. The summed E-state index contributed by atoms with van der Waals surface area (Å²) in [5.41, 5.74) is 1.86. The minimum absolute atomic E-state index is 0.483. The van der Waals surface area contributed by atoms with E-state index in [1.54, 1.807) is 13.0 Å². The van der Waals surface area contributed by atoms with Crippen LogP contribution in [0.2, 0.25) is 5.02 Å². The lowest BCUT2D eigenvalue weighted by Gasteiger charge is -2.09. The second-order valence-electron chi connectivity index (χ2n) is 2.65. The zero-order chi connectivity index (χ0) is 8.43. The van der Waals surface area contributed by atoms with Crippen LogP contribution in [-0.2, 0) is 0 Å². The topological polar surface area (TPSA) is 20.2 Å². The van der Waals surface area contributed by atoms with Crippen molar-refractivity contribution in [3.8, 4) is 0 Å². The van der Waals surface area contributed by atoms with Gasteiger partial charge in [0, 0.05) is 10.6 Å². The third-order valence-electron chi connectivity index (χ3n) is 1.69. The lowest BCUT2D eigenvalue weighted by atomic mass is 10.1. The summed E-state index contributed by atoms with van der Waals surface area (Å²) >= 11 is 5.86. The van der Waals surface area contributed by atoms with Crippen LogP contribution in [0, 0.1) is 6.92 Å². The molecule has 1 atom stereocenters. The van der Waals surface area contributed by atoms with Crippen molar-refractivity contribution in [2.75, 3.05) is 0 Å². The molecule has 1 nitrogen and oxygen atoms in total. The van der Waals surface area contributed by atoms with Gasteiger partial charge >= 0.3 is 0 Å². The van der Waals surface area contributed by atoms with Crippen LogP contribution in [0.1, 0.15) is 24.2 Å². The van der Waals surface area contributed by atoms with Gasteiger partial charge in [-0.15, -0.1) is 0 Å². The minimum Gasteiger partial charge on any atom is -0.389 e. The zero-order valence-corrected chi connectivity index (χ0v) is 7.39. The van der Waals surface area contributed by atoms with Gasteiger partial charge in [-0.1, -0.05) is 23.7 Å². The van der Waals surface area contributed by atoms with Gasteiger partial charge in [0.1, 0.15) is 0 Å². The molecule has 0 aliphatic rings. The molecular weight excluding hydrogens is 160 g/mol. The summed E-state index contributed by atoms with van der Waals surface area (Å²) in [6, 6.07) is 5.61. The number of benzene rings is 1. The molecule has 2 heteroatoms. The van der Waals surface area contributed by atoms with Crippen LogP contribution in [0.3, 0.4) is 0 Å². The van der Waals surface area contributed by atoms with Gasteiger partial charge in [0.25, 0.3) is 0 Å². The summed E-state index contributed by atoms with van der Waals surface area (Å²) in [6.45, 7) is 3.65.